The lowest BCUT2D eigenvalue weighted by atomic mass is 10.1. The van der Waals surface area contributed by atoms with Gasteiger partial charge in [-0.3, -0.25) is 13.9 Å². The molecule has 214 valence electrons. The number of aryl methyl sites for hydroxylation is 2. The summed E-state index contributed by atoms with van der Waals surface area (Å²) in [7, 11) is -4.16. The molecule has 0 aliphatic heterocycles. The largest absolute Gasteiger partial charge is 0.352 e. The Hall–Kier alpha value is -3.36. The van der Waals surface area contributed by atoms with Gasteiger partial charge in [0.1, 0.15) is 12.6 Å². The molecule has 0 heterocycles. The summed E-state index contributed by atoms with van der Waals surface area (Å²) >= 11 is 6.29. The van der Waals surface area contributed by atoms with Crippen molar-refractivity contribution in [2.45, 2.75) is 71.0 Å². The number of rotatable bonds is 12. The number of carbonyl (C=O) groups excluding carboxylic acids is 2. The van der Waals surface area contributed by atoms with Gasteiger partial charge in [-0.25, -0.2) is 8.42 Å². The average molecular weight is 584 g/mol. The van der Waals surface area contributed by atoms with Crippen LogP contribution >= 0.6 is 11.6 Å². The maximum atomic E-state index is 14.1. The third-order valence-electron chi connectivity index (χ3n) is 6.91. The Morgan fingerprint density at radius 1 is 0.925 bits per heavy atom. The highest BCUT2D eigenvalue weighted by Gasteiger charge is 2.34. The van der Waals surface area contributed by atoms with Gasteiger partial charge in [0.15, 0.2) is 0 Å². The third-order valence-corrected chi connectivity index (χ3v) is 8.92. The first kappa shape index (κ1) is 31.2. The Balaban J connectivity index is 2.09. The quantitative estimate of drug-likeness (QED) is 0.289. The molecule has 40 heavy (non-hydrogen) atoms. The minimum Gasteiger partial charge on any atom is -0.352 e. The summed E-state index contributed by atoms with van der Waals surface area (Å²) in [6.45, 7) is 9.01. The fourth-order valence-corrected chi connectivity index (χ4v) is 5.98. The van der Waals surface area contributed by atoms with Gasteiger partial charge in [-0.2, -0.15) is 0 Å². The molecule has 2 unspecified atom stereocenters. The highest BCUT2D eigenvalue weighted by atomic mass is 35.5. The van der Waals surface area contributed by atoms with Gasteiger partial charge in [-0.1, -0.05) is 79.5 Å². The number of carbonyl (C=O) groups is 2. The van der Waals surface area contributed by atoms with Gasteiger partial charge in [0.25, 0.3) is 10.0 Å². The minimum absolute atomic E-state index is 0.0569. The van der Waals surface area contributed by atoms with E-state index in [-0.39, 0.29) is 23.4 Å². The zero-order valence-electron chi connectivity index (χ0n) is 23.7. The molecule has 7 nitrogen and oxygen atoms in total. The first-order valence-corrected chi connectivity index (χ1v) is 15.3. The predicted octanol–water partition coefficient (Wildman–Crippen LogP) is 5.87. The van der Waals surface area contributed by atoms with E-state index in [1.807, 2.05) is 58.0 Å². The minimum atomic E-state index is -4.16. The second-order valence-corrected chi connectivity index (χ2v) is 12.3. The van der Waals surface area contributed by atoms with E-state index in [9.17, 15) is 18.0 Å². The zero-order chi connectivity index (χ0) is 29.4. The van der Waals surface area contributed by atoms with Gasteiger partial charge >= 0.3 is 0 Å². The zero-order valence-corrected chi connectivity index (χ0v) is 25.3. The standard InChI is InChI=1S/C31H38ClN3O4S/c1-6-24(5)33-31(37)28(7-2)34(20-25-11-9-8-10-12-25)30(36)21-35(29-19-26(32)16-15-23(29)4)40(38,39)27-17-13-22(3)14-18-27/h8-19,24,28H,6-7,20-21H2,1-5H3,(H,33,37). The second kappa shape index (κ2) is 13.8. The molecule has 1 N–H and O–H groups in total. The monoisotopic (exact) mass is 583 g/mol. The van der Waals surface area contributed by atoms with Gasteiger partial charge < -0.3 is 10.2 Å². The predicted molar refractivity (Wildman–Crippen MR) is 161 cm³/mol. The molecular weight excluding hydrogens is 546 g/mol. The summed E-state index contributed by atoms with van der Waals surface area (Å²) in [5.41, 5.74) is 2.69. The lowest BCUT2D eigenvalue weighted by molar-refractivity contribution is -0.140. The van der Waals surface area contributed by atoms with E-state index in [0.717, 1.165) is 21.9 Å². The van der Waals surface area contributed by atoms with E-state index in [1.165, 1.54) is 17.0 Å². The molecule has 0 bridgehead atoms. The van der Waals surface area contributed by atoms with Crippen molar-refractivity contribution in [2.75, 3.05) is 10.8 Å². The summed E-state index contributed by atoms with van der Waals surface area (Å²) < 4.78 is 29.1. The van der Waals surface area contributed by atoms with E-state index in [0.29, 0.717) is 22.7 Å². The molecule has 3 aromatic carbocycles. The Kier molecular flexibility index (Phi) is 10.8. The number of sulfonamides is 1. The fraction of sp³-hybridized carbons (Fsp3) is 0.355. The summed E-state index contributed by atoms with van der Waals surface area (Å²) in [4.78, 5) is 29.0. The number of anilines is 1. The van der Waals surface area contributed by atoms with Crippen molar-refractivity contribution in [1.29, 1.82) is 0 Å². The number of benzene rings is 3. The number of nitrogens with zero attached hydrogens (tertiary/aromatic N) is 2. The van der Waals surface area contributed by atoms with Crippen molar-refractivity contribution in [3.63, 3.8) is 0 Å². The maximum absolute atomic E-state index is 14.1. The maximum Gasteiger partial charge on any atom is 0.264 e. The van der Waals surface area contributed by atoms with Crippen molar-refractivity contribution in [2.24, 2.45) is 0 Å². The van der Waals surface area contributed by atoms with Crippen molar-refractivity contribution < 1.29 is 18.0 Å². The molecule has 0 aliphatic rings. The van der Waals surface area contributed by atoms with Gasteiger partial charge in [0.05, 0.1) is 10.6 Å². The highest BCUT2D eigenvalue weighted by Crippen LogP contribution is 2.30. The molecule has 0 aromatic heterocycles. The summed E-state index contributed by atoms with van der Waals surface area (Å²) in [6, 6.07) is 19.9. The Morgan fingerprint density at radius 3 is 2.17 bits per heavy atom. The van der Waals surface area contributed by atoms with Crippen LogP contribution in [0, 0.1) is 13.8 Å². The van der Waals surface area contributed by atoms with Crippen LogP contribution in [0.25, 0.3) is 0 Å². The van der Waals surface area contributed by atoms with Crippen molar-refractivity contribution in [1.82, 2.24) is 10.2 Å². The van der Waals surface area contributed by atoms with Crippen LogP contribution in [0.4, 0.5) is 5.69 Å². The molecule has 3 aromatic rings. The van der Waals surface area contributed by atoms with E-state index in [1.54, 1.807) is 37.3 Å². The summed E-state index contributed by atoms with van der Waals surface area (Å²) in [6.07, 6.45) is 1.10. The van der Waals surface area contributed by atoms with Crippen LogP contribution in [0.15, 0.2) is 77.7 Å². The van der Waals surface area contributed by atoms with Crippen molar-refractivity contribution in [3.05, 3.63) is 94.5 Å². The van der Waals surface area contributed by atoms with E-state index < -0.39 is 28.5 Å². The molecule has 0 saturated heterocycles. The smallest absolute Gasteiger partial charge is 0.264 e. The van der Waals surface area contributed by atoms with E-state index in [2.05, 4.69) is 5.32 Å². The van der Waals surface area contributed by atoms with Gasteiger partial charge in [0.2, 0.25) is 11.8 Å². The van der Waals surface area contributed by atoms with Crippen LogP contribution in [0.2, 0.25) is 5.02 Å². The first-order valence-electron chi connectivity index (χ1n) is 13.5. The summed E-state index contributed by atoms with van der Waals surface area (Å²) in [5.74, 6) is -0.766. The molecule has 2 atom stereocenters. The van der Waals surface area contributed by atoms with Crippen LogP contribution in [-0.4, -0.2) is 43.8 Å². The molecule has 0 aliphatic carbocycles. The Labute approximate surface area is 243 Å². The summed E-state index contributed by atoms with van der Waals surface area (Å²) in [5, 5.41) is 3.33. The van der Waals surface area contributed by atoms with Crippen molar-refractivity contribution >= 4 is 39.1 Å². The fourth-order valence-electron chi connectivity index (χ4n) is 4.34. The van der Waals surface area contributed by atoms with E-state index in [4.69, 9.17) is 11.6 Å². The molecule has 0 fully saturated rings. The number of nitrogens with one attached hydrogen (secondary N) is 1. The Morgan fingerprint density at radius 2 is 1.57 bits per heavy atom. The van der Waals surface area contributed by atoms with Crippen LogP contribution in [-0.2, 0) is 26.2 Å². The van der Waals surface area contributed by atoms with Gasteiger partial charge in [-0.15, -0.1) is 0 Å². The molecule has 0 spiro atoms. The number of hydrogen-bond acceptors (Lipinski definition) is 4. The molecule has 2 amide bonds. The molecule has 9 heteroatoms. The van der Waals surface area contributed by atoms with E-state index >= 15 is 0 Å². The van der Waals surface area contributed by atoms with Crippen LogP contribution in [0.1, 0.15) is 50.3 Å². The third kappa shape index (κ3) is 7.64. The van der Waals surface area contributed by atoms with Gasteiger partial charge in [-0.05, 0) is 69.0 Å². The van der Waals surface area contributed by atoms with Gasteiger partial charge in [0, 0.05) is 17.6 Å². The Bertz CT molecular complexity index is 1410. The van der Waals surface area contributed by atoms with Crippen LogP contribution in [0.3, 0.4) is 0 Å². The van der Waals surface area contributed by atoms with Crippen molar-refractivity contribution in [3.8, 4) is 0 Å². The average Bonchev–Trinajstić information content (AvgIpc) is 2.93. The highest BCUT2D eigenvalue weighted by molar-refractivity contribution is 7.92. The molecular formula is C31H38ClN3O4S. The molecule has 0 radical (unpaired) electrons. The number of amides is 2. The normalized spacial score (nSPS) is 12.8. The molecule has 3 rings (SSSR count). The first-order chi connectivity index (χ1) is 19.0. The topological polar surface area (TPSA) is 86.8 Å². The number of hydrogen-bond donors (Lipinski definition) is 1. The molecule has 0 saturated carbocycles. The second-order valence-electron chi connectivity index (χ2n) is 10.0. The lowest BCUT2D eigenvalue weighted by Gasteiger charge is -2.34. The van der Waals surface area contributed by atoms with Crippen LogP contribution < -0.4 is 9.62 Å². The lowest BCUT2D eigenvalue weighted by Crippen LogP contribution is -2.53. The SMILES string of the molecule is CCC(C)NC(=O)C(CC)N(Cc1ccccc1)C(=O)CN(c1cc(Cl)ccc1C)S(=O)(=O)c1ccc(C)cc1. The van der Waals surface area contributed by atoms with Crippen LogP contribution in [0.5, 0.6) is 0 Å². The number of halogens is 1.